The van der Waals surface area contributed by atoms with E-state index in [1.54, 1.807) is 13.2 Å². The van der Waals surface area contributed by atoms with Crippen LogP contribution in [0.1, 0.15) is 39.7 Å². The lowest BCUT2D eigenvalue weighted by Gasteiger charge is -2.31. The van der Waals surface area contributed by atoms with E-state index < -0.39 is 5.97 Å². The quantitative estimate of drug-likeness (QED) is 0.535. The molecule has 0 radical (unpaired) electrons. The molecule has 30 heavy (non-hydrogen) atoms. The zero-order chi connectivity index (χ0) is 21.1. The number of ether oxygens (including phenoxy) is 1. The Morgan fingerprint density at radius 3 is 2.87 bits per heavy atom. The molecule has 10 nitrogen and oxygen atoms in total. The second-order valence-electron chi connectivity index (χ2n) is 7.34. The van der Waals surface area contributed by atoms with Crippen LogP contribution in [-0.2, 0) is 6.54 Å². The summed E-state index contributed by atoms with van der Waals surface area (Å²) in [7, 11) is 1.58. The van der Waals surface area contributed by atoms with Crippen molar-refractivity contribution < 1.29 is 23.8 Å². The van der Waals surface area contributed by atoms with Crippen LogP contribution in [-0.4, -0.2) is 63.8 Å². The number of benzene rings is 1. The molecular formula is C20H23N5O5. The smallest absolute Gasteiger partial charge is 0.357 e. The van der Waals surface area contributed by atoms with E-state index in [0.29, 0.717) is 36.3 Å². The van der Waals surface area contributed by atoms with Gasteiger partial charge in [-0.25, -0.2) is 9.78 Å². The Balaban J connectivity index is 1.27. The average molecular weight is 413 g/mol. The van der Waals surface area contributed by atoms with Gasteiger partial charge in [0.15, 0.2) is 11.4 Å². The highest BCUT2D eigenvalue weighted by atomic mass is 16.5. The van der Waals surface area contributed by atoms with Crippen molar-refractivity contribution in [3.63, 3.8) is 0 Å². The van der Waals surface area contributed by atoms with Crippen molar-refractivity contribution in [1.82, 2.24) is 25.4 Å². The Bertz CT molecular complexity index is 1050. The van der Waals surface area contributed by atoms with Crippen molar-refractivity contribution in [2.75, 3.05) is 26.7 Å². The van der Waals surface area contributed by atoms with Crippen LogP contribution < -0.4 is 10.1 Å². The lowest BCUT2D eigenvalue weighted by Crippen LogP contribution is -2.38. The van der Waals surface area contributed by atoms with Gasteiger partial charge >= 0.3 is 5.97 Å². The number of carboxylic acid groups (broad SMARTS) is 1. The number of aromatic amines is 1. The molecule has 1 amide bonds. The molecule has 1 fully saturated rings. The van der Waals surface area contributed by atoms with Crippen molar-refractivity contribution in [3.05, 3.63) is 41.7 Å². The number of amides is 1. The summed E-state index contributed by atoms with van der Waals surface area (Å²) in [5.41, 5.74) is 1.07. The maximum atomic E-state index is 12.6. The van der Waals surface area contributed by atoms with E-state index in [2.05, 4.69) is 25.4 Å². The minimum Gasteiger partial charge on any atom is -0.497 e. The fourth-order valence-electron chi connectivity index (χ4n) is 3.64. The number of nitrogens with one attached hydrogen (secondary N) is 2. The second-order valence-corrected chi connectivity index (χ2v) is 7.34. The molecule has 1 aliphatic rings. The summed E-state index contributed by atoms with van der Waals surface area (Å²) in [4.78, 5) is 29.6. The molecule has 1 saturated heterocycles. The SMILES string of the molecule is COc1ccc2[nH]nc(C(=O)NCC3CCN(Cc4nc(C(=O)O)co4)CC3)c2c1. The fraction of sp³-hybridized carbons (Fsp3) is 0.400. The summed E-state index contributed by atoms with van der Waals surface area (Å²) >= 11 is 0. The lowest BCUT2D eigenvalue weighted by molar-refractivity contribution is 0.0690. The van der Waals surface area contributed by atoms with Gasteiger partial charge in [-0.1, -0.05) is 0 Å². The summed E-state index contributed by atoms with van der Waals surface area (Å²) in [5, 5.41) is 19.6. The van der Waals surface area contributed by atoms with E-state index in [1.165, 1.54) is 0 Å². The number of hydrogen-bond donors (Lipinski definition) is 3. The van der Waals surface area contributed by atoms with Crippen LogP contribution in [0.5, 0.6) is 5.75 Å². The van der Waals surface area contributed by atoms with E-state index in [9.17, 15) is 9.59 Å². The first kappa shape index (κ1) is 19.9. The summed E-state index contributed by atoms with van der Waals surface area (Å²) in [6.45, 7) is 2.71. The molecule has 0 unspecified atom stereocenters. The van der Waals surface area contributed by atoms with E-state index in [4.69, 9.17) is 14.3 Å². The Kier molecular flexibility index (Phi) is 5.66. The number of oxazole rings is 1. The predicted octanol–water partition coefficient (Wildman–Crippen LogP) is 1.90. The first-order valence-electron chi connectivity index (χ1n) is 9.74. The molecule has 0 spiro atoms. The lowest BCUT2D eigenvalue weighted by atomic mass is 9.96. The molecule has 0 aliphatic carbocycles. The molecule has 3 heterocycles. The Hall–Kier alpha value is -3.40. The van der Waals surface area contributed by atoms with Crippen LogP contribution >= 0.6 is 0 Å². The van der Waals surface area contributed by atoms with Crippen molar-refractivity contribution >= 4 is 22.8 Å². The molecule has 1 aliphatic heterocycles. The van der Waals surface area contributed by atoms with Crippen molar-refractivity contribution in [3.8, 4) is 5.75 Å². The number of likely N-dealkylation sites (tertiary alicyclic amines) is 1. The number of carboxylic acids is 1. The van der Waals surface area contributed by atoms with Crippen LogP contribution in [0, 0.1) is 5.92 Å². The van der Waals surface area contributed by atoms with Crippen molar-refractivity contribution in [1.29, 1.82) is 0 Å². The van der Waals surface area contributed by atoms with E-state index in [-0.39, 0.29) is 11.6 Å². The molecule has 0 bridgehead atoms. The van der Waals surface area contributed by atoms with Gasteiger partial charge in [-0.2, -0.15) is 5.10 Å². The summed E-state index contributed by atoms with van der Waals surface area (Å²) < 4.78 is 10.4. The second kappa shape index (κ2) is 8.54. The first-order valence-corrected chi connectivity index (χ1v) is 9.74. The van der Waals surface area contributed by atoms with Gasteiger partial charge in [0.25, 0.3) is 5.91 Å². The first-order chi connectivity index (χ1) is 14.5. The van der Waals surface area contributed by atoms with Crippen LogP contribution in [0.25, 0.3) is 10.9 Å². The molecule has 3 aromatic rings. The number of nitrogens with zero attached hydrogens (tertiary/aromatic N) is 3. The number of piperidine rings is 1. The van der Waals surface area contributed by atoms with Crippen LogP contribution in [0.15, 0.2) is 28.9 Å². The monoisotopic (exact) mass is 413 g/mol. The largest absolute Gasteiger partial charge is 0.497 e. The molecule has 3 N–H and O–H groups in total. The molecule has 1 aromatic carbocycles. The van der Waals surface area contributed by atoms with Gasteiger partial charge in [0.1, 0.15) is 12.0 Å². The number of H-pyrrole nitrogens is 1. The third-order valence-corrected chi connectivity index (χ3v) is 5.37. The molecule has 10 heteroatoms. The standard InChI is InChI=1S/C20H23N5O5/c1-29-13-2-3-15-14(8-13)18(24-23-15)19(26)21-9-12-4-6-25(7-5-12)10-17-22-16(11-30-17)20(27)28/h2-3,8,11-12H,4-7,9-10H2,1H3,(H,21,26)(H,23,24)(H,27,28). The molecule has 2 aromatic heterocycles. The molecule has 158 valence electrons. The number of hydrogen-bond acceptors (Lipinski definition) is 7. The van der Waals surface area contributed by atoms with Gasteiger partial charge in [0, 0.05) is 11.9 Å². The zero-order valence-corrected chi connectivity index (χ0v) is 16.6. The Morgan fingerprint density at radius 2 is 2.17 bits per heavy atom. The Labute approximate surface area is 172 Å². The zero-order valence-electron chi connectivity index (χ0n) is 16.6. The molecule has 0 atom stereocenters. The fourth-order valence-corrected chi connectivity index (χ4v) is 3.64. The Morgan fingerprint density at radius 1 is 1.37 bits per heavy atom. The highest BCUT2D eigenvalue weighted by Gasteiger charge is 2.23. The topological polar surface area (TPSA) is 134 Å². The minimum absolute atomic E-state index is 0.0777. The molecule has 0 saturated carbocycles. The van der Waals surface area contributed by atoms with Gasteiger partial charge in [0.05, 0.1) is 19.2 Å². The van der Waals surface area contributed by atoms with Crippen LogP contribution in [0.4, 0.5) is 0 Å². The maximum absolute atomic E-state index is 12.6. The third-order valence-electron chi connectivity index (χ3n) is 5.37. The van der Waals surface area contributed by atoms with Gasteiger partial charge in [-0.15, -0.1) is 0 Å². The van der Waals surface area contributed by atoms with Crippen molar-refractivity contribution in [2.45, 2.75) is 19.4 Å². The summed E-state index contributed by atoms with van der Waals surface area (Å²) in [6, 6.07) is 5.45. The van der Waals surface area contributed by atoms with Gasteiger partial charge in [-0.05, 0) is 50.0 Å². The minimum atomic E-state index is -1.09. The van der Waals surface area contributed by atoms with E-state index >= 15 is 0 Å². The average Bonchev–Trinajstić information content (AvgIpc) is 3.39. The molecule has 4 rings (SSSR count). The number of rotatable bonds is 7. The highest BCUT2D eigenvalue weighted by molar-refractivity contribution is 6.05. The summed E-state index contributed by atoms with van der Waals surface area (Å²) in [6.07, 6.45) is 3.00. The van der Waals surface area contributed by atoms with Crippen molar-refractivity contribution in [2.24, 2.45) is 5.92 Å². The van der Waals surface area contributed by atoms with E-state index in [1.807, 2.05) is 12.1 Å². The number of aromatic carboxylic acids is 1. The summed E-state index contributed by atoms with van der Waals surface area (Å²) in [5.74, 6) is 0.136. The third kappa shape index (κ3) is 4.28. The number of carbonyl (C=O) groups is 2. The predicted molar refractivity (Wildman–Crippen MR) is 106 cm³/mol. The number of fused-ring (bicyclic) bond motifs is 1. The number of methoxy groups -OCH3 is 1. The van der Waals surface area contributed by atoms with Gasteiger partial charge < -0.3 is 19.6 Å². The van der Waals surface area contributed by atoms with Crippen LogP contribution in [0.2, 0.25) is 0 Å². The highest BCUT2D eigenvalue weighted by Crippen LogP contribution is 2.22. The van der Waals surface area contributed by atoms with Gasteiger partial charge in [0.2, 0.25) is 5.89 Å². The van der Waals surface area contributed by atoms with E-state index in [0.717, 1.165) is 43.1 Å². The number of aromatic nitrogens is 3. The molecular weight excluding hydrogens is 390 g/mol. The normalized spacial score (nSPS) is 15.4. The van der Waals surface area contributed by atoms with Crippen LogP contribution in [0.3, 0.4) is 0 Å². The van der Waals surface area contributed by atoms with Gasteiger partial charge in [-0.3, -0.25) is 14.8 Å². The maximum Gasteiger partial charge on any atom is 0.357 e. The number of carbonyl (C=O) groups excluding carboxylic acids is 1.